The highest BCUT2D eigenvalue weighted by atomic mass is 32.1. The Morgan fingerprint density at radius 2 is 1.97 bits per heavy atom. The number of anilines is 1. The molecule has 37 heavy (non-hydrogen) atoms. The summed E-state index contributed by atoms with van der Waals surface area (Å²) in [6, 6.07) is 8.90. The van der Waals surface area contributed by atoms with E-state index < -0.39 is 17.8 Å². The van der Waals surface area contributed by atoms with E-state index in [0.717, 1.165) is 35.6 Å². The molecular weight excluding hydrogens is 507 g/mol. The minimum absolute atomic E-state index is 0.231. The van der Waals surface area contributed by atoms with Gasteiger partial charge in [-0.25, -0.2) is 9.78 Å². The molecule has 0 bridgehead atoms. The molecule has 0 radical (unpaired) electrons. The maximum Gasteiger partial charge on any atom is 0.435 e. The van der Waals surface area contributed by atoms with Crippen LogP contribution in [0, 0.1) is 6.92 Å². The molecule has 198 valence electrons. The van der Waals surface area contributed by atoms with Gasteiger partial charge >= 0.3 is 12.1 Å². The van der Waals surface area contributed by atoms with Crippen molar-refractivity contribution in [3.8, 4) is 0 Å². The Morgan fingerprint density at radius 3 is 2.70 bits per heavy atom. The fourth-order valence-electron chi connectivity index (χ4n) is 4.13. The molecule has 3 aromatic rings. The molecule has 1 aliphatic carbocycles. The van der Waals surface area contributed by atoms with Crippen molar-refractivity contribution in [1.29, 1.82) is 0 Å². The molecule has 2 heterocycles. The predicted octanol–water partition coefficient (Wildman–Crippen LogP) is 4.50. The summed E-state index contributed by atoms with van der Waals surface area (Å²) >= 11 is 1.29. The van der Waals surface area contributed by atoms with Crippen molar-refractivity contribution in [2.75, 3.05) is 32.1 Å². The highest BCUT2D eigenvalue weighted by Gasteiger charge is 2.34. The topological polar surface area (TPSA) is 80.6 Å². The number of likely N-dealkylation sites (N-methyl/N-ethyl adjacent to an activating group) is 2. The number of thiazole rings is 1. The first-order valence-electron chi connectivity index (χ1n) is 11.8. The summed E-state index contributed by atoms with van der Waals surface area (Å²) in [4.78, 5) is 32.9. The van der Waals surface area contributed by atoms with Crippen molar-refractivity contribution in [1.82, 2.24) is 19.7 Å². The lowest BCUT2D eigenvalue weighted by atomic mass is 9.89. The predicted molar refractivity (Wildman–Crippen MR) is 133 cm³/mol. The first kappa shape index (κ1) is 26.6. The summed E-state index contributed by atoms with van der Waals surface area (Å²) in [6.45, 7) is 1.90. The monoisotopic (exact) mass is 535 g/mol. The number of carbonyl (C=O) groups is 2. The Morgan fingerprint density at radius 1 is 1.22 bits per heavy atom. The summed E-state index contributed by atoms with van der Waals surface area (Å²) in [5, 5.41) is 5.74. The lowest BCUT2D eigenvalue weighted by Gasteiger charge is -2.25. The minimum atomic E-state index is -4.56. The molecule has 1 unspecified atom stereocenters. The van der Waals surface area contributed by atoms with Gasteiger partial charge in [0.15, 0.2) is 16.5 Å². The molecule has 0 saturated carbocycles. The van der Waals surface area contributed by atoms with Crippen molar-refractivity contribution >= 4 is 28.3 Å². The number of fused-ring (bicyclic) bond motifs is 1. The Labute approximate surface area is 216 Å². The van der Waals surface area contributed by atoms with E-state index in [4.69, 9.17) is 4.74 Å². The normalized spacial score (nSPS) is 15.2. The summed E-state index contributed by atoms with van der Waals surface area (Å²) in [6.07, 6.45) is -2.15. The summed E-state index contributed by atoms with van der Waals surface area (Å²) in [5.74, 6) is -0.845. The first-order valence-corrected chi connectivity index (χ1v) is 12.7. The fraction of sp³-hybridized carbons (Fsp3) is 0.440. The number of esters is 1. The zero-order valence-corrected chi connectivity index (χ0v) is 21.6. The molecule has 0 fully saturated rings. The van der Waals surface area contributed by atoms with E-state index in [1.807, 2.05) is 23.1 Å². The van der Waals surface area contributed by atoms with Crippen LogP contribution in [0.25, 0.3) is 0 Å². The maximum absolute atomic E-state index is 12.9. The zero-order chi connectivity index (χ0) is 26.7. The zero-order valence-electron chi connectivity index (χ0n) is 20.8. The van der Waals surface area contributed by atoms with Gasteiger partial charge in [-0.05, 0) is 43.4 Å². The Kier molecular flexibility index (Phi) is 7.86. The number of halogens is 3. The number of carbonyl (C=O) groups excluding carboxylic acids is 2. The number of hydrogen-bond acceptors (Lipinski definition) is 7. The van der Waals surface area contributed by atoms with Gasteiger partial charge in [0.2, 0.25) is 5.91 Å². The summed E-state index contributed by atoms with van der Waals surface area (Å²) in [5.41, 5.74) is 1.71. The van der Waals surface area contributed by atoms with Gasteiger partial charge in [-0.15, -0.1) is 11.3 Å². The van der Waals surface area contributed by atoms with E-state index in [1.54, 1.807) is 19.5 Å². The van der Waals surface area contributed by atoms with E-state index in [2.05, 4.69) is 16.1 Å². The number of rotatable bonds is 8. The van der Waals surface area contributed by atoms with Gasteiger partial charge in [-0.2, -0.15) is 18.3 Å². The van der Waals surface area contributed by atoms with Crippen LogP contribution < -0.4 is 4.90 Å². The van der Waals surface area contributed by atoms with Crippen molar-refractivity contribution in [2.45, 2.75) is 45.0 Å². The van der Waals surface area contributed by atoms with Crippen LogP contribution in [0.15, 0.2) is 35.7 Å². The van der Waals surface area contributed by atoms with Crippen LogP contribution in [0.2, 0.25) is 0 Å². The van der Waals surface area contributed by atoms with Gasteiger partial charge in [-0.3, -0.25) is 9.48 Å². The molecule has 2 aromatic heterocycles. The number of benzene rings is 1. The molecule has 1 aliphatic rings. The van der Waals surface area contributed by atoms with Crippen LogP contribution in [0.3, 0.4) is 0 Å². The van der Waals surface area contributed by atoms with Crippen LogP contribution in [-0.4, -0.2) is 58.7 Å². The molecule has 1 aromatic carbocycles. The number of hydrogen-bond donors (Lipinski definition) is 0. The Balaban J connectivity index is 1.29. The number of nitrogens with zero attached hydrogens (tertiary/aromatic N) is 5. The fourth-order valence-corrected chi connectivity index (χ4v) is 4.92. The lowest BCUT2D eigenvalue weighted by Crippen LogP contribution is -2.37. The number of amides is 1. The van der Waals surface area contributed by atoms with Crippen LogP contribution in [0.1, 0.15) is 51.9 Å². The van der Waals surface area contributed by atoms with Gasteiger partial charge in [0.1, 0.15) is 12.6 Å². The van der Waals surface area contributed by atoms with Crippen LogP contribution in [0.5, 0.6) is 0 Å². The van der Waals surface area contributed by atoms with Crippen LogP contribution >= 0.6 is 11.3 Å². The van der Waals surface area contributed by atoms with E-state index in [9.17, 15) is 22.8 Å². The van der Waals surface area contributed by atoms with Gasteiger partial charge in [0.05, 0.1) is 0 Å². The van der Waals surface area contributed by atoms with Gasteiger partial charge in [0.25, 0.3) is 0 Å². The van der Waals surface area contributed by atoms with Gasteiger partial charge in [0, 0.05) is 38.3 Å². The second-order valence-corrected chi connectivity index (χ2v) is 9.90. The number of alkyl halides is 3. The third-order valence-electron chi connectivity index (χ3n) is 6.34. The third-order valence-corrected chi connectivity index (χ3v) is 7.30. The van der Waals surface area contributed by atoms with Crippen LogP contribution in [0.4, 0.5) is 18.3 Å². The molecule has 1 atom stereocenters. The van der Waals surface area contributed by atoms with E-state index in [0.29, 0.717) is 18.2 Å². The van der Waals surface area contributed by atoms with Crippen LogP contribution in [-0.2, 0) is 28.7 Å². The summed E-state index contributed by atoms with van der Waals surface area (Å²) in [7, 11) is 3.36. The molecule has 0 N–H and O–H groups in total. The molecule has 12 heteroatoms. The SMILES string of the molecule is Cc1cc(C(F)(F)F)nn1CC(=O)N(C)CCN(C)c1nc(C(=O)OC2CCCc3ccccc32)cs1. The van der Waals surface area contributed by atoms with Crippen molar-refractivity contribution in [3.63, 3.8) is 0 Å². The van der Waals surface area contributed by atoms with Crippen molar-refractivity contribution in [3.05, 3.63) is 63.9 Å². The Bertz CT molecular complexity index is 1270. The molecule has 8 nitrogen and oxygen atoms in total. The number of aromatic nitrogens is 3. The van der Waals surface area contributed by atoms with E-state index >= 15 is 0 Å². The smallest absolute Gasteiger partial charge is 0.435 e. The van der Waals surface area contributed by atoms with Crippen molar-refractivity contribution in [2.24, 2.45) is 0 Å². The standard InChI is InChI=1S/C25H28F3N5O3S/c1-16-13-21(25(26,27)28)30-33(16)14-22(34)31(2)11-12-32(3)24-29-19(15-37-24)23(35)36-20-10-6-8-17-7-4-5-9-18(17)20/h4-5,7,9,13,15,20H,6,8,10-12,14H2,1-3H3. The highest BCUT2D eigenvalue weighted by Crippen LogP contribution is 2.33. The Hall–Kier alpha value is -3.41. The molecule has 0 aliphatic heterocycles. The second-order valence-electron chi connectivity index (χ2n) is 9.06. The minimum Gasteiger partial charge on any atom is -0.453 e. The summed E-state index contributed by atoms with van der Waals surface area (Å²) < 4.78 is 45.4. The lowest BCUT2D eigenvalue weighted by molar-refractivity contribution is -0.142. The quantitative estimate of drug-likeness (QED) is 0.396. The molecule has 0 saturated heterocycles. The third kappa shape index (κ3) is 6.30. The van der Waals surface area contributed by atoms with Gasteiger partial charge in [-0.1, -0.05) is 24.3 Å². The molecule has 1 amide bonds. The highest BCUT2D eigenvalue weighted by molar-refractivity contribution is 7.13. The number of ether oxygens (including phenoxy) is 1. The molecule has 4 rings (SSSR count). The largest absolute Gasteiger partial charge is 0.453 e. The van der Waals surface area contributed by atoms with E-state index in [1.165, 1.54) is 28.7 Å². The number of aryl methyl sites for hydroxylation is 2. The van der Waals surface area contributed by atoms with E-state index in [-0.39, 0.29) is 29.9 Å². The average Bonchev–Trinajstić information content (AvgIpc) is 3.50. The molecular formula is C25H28F3N5O3S. The molecule has 0 spiro atoms. The van der Waals surface area contributed by atoms with Gasteiger partial charge < -0.3 is 14.5 Å². The second kappa shape index (κ2) is 10.9. The first-order chi connectivity index (χ1) is 17.5. The maximum atomic E-state index is 12.9. The average molecular weight is 536 g/mol. The van der Waals surface area contributed by atoms with Crippen molar-refractivity contribution < 1.29 is 27.5 Å².